The number of phenols is 1. The SMILES string of the molecule is COCCCc1cc2c(cc1O)[C@@H]1CCCC[C@@H]1[C@H](C1C=CC(O)=CC1)C2. The second kappa shape index (κ2) is 8.10. The highest BCUT2D eigenvalue weighted by Gasteiger charge is 2.41. The van der Waals surface area contributed by atoms with Crippen LogP contribution in [0.1, 0.15) is 61.1 Å². The van der Waals surface area contributed by atoms with Gasteiger partial charge in [-0.2, -0.15) is 0 Å². The summed E-state index contributed by atoms with van der Waals surface area (Å²) in [7, 11) is 1.73. The molecular formula is C24H32O3. The molecule has 27 heavy (non-hydrogen) atoms. The number of phenolic OH excluding ortho intramolecular Hbond substituents is 1. The van der Waals surface area contributed by atoms with Crippen LogP contribution in [0.15, 0.2) is 36.1 Å². The van der Waals surface area contributed by atoms with Crippen molar-refractivity contribution in [3.63, 3.8) is 0 Å². The molecule has 146 valence electrons. The first-order valence-corrected chi connectivity index (χ1v) is 10.6. The minimum Gasteiger partial charge on any atom is -0.508 e. The summed E-state index contributed by atoms with van der Waals surface area (Å²) in [6.07, 6.45) is 15.1. The van der Waals surface area contributed by atoms with E-state index in [1.165, 1.54) is 36.8 Å². The third-order valence-electron chi connectivity index (χ3n) is 7.02. The van der Waals surface area contributed by atoms with E-state index in [-0.39, 0.29) is 0 Å². The van der Waals surface area contributed by atoms with Crippen LogP contribution in [0.5, 0.6) is 5.75 Å². The predicted octanol–water partition coefficient (Wildman–Crippen LogP) is 5.44. The molecule has 0 saturated heterocycles. The van der Waals surface area contributed by atoms with Gasteiger partial charge in [-0.25, -0.2) is 0 Å². The first-order chi connectivity index (χ1) is 13.2. The zero-order valence-electron chi connectivity index (χ0n) is 16.4. The molecule has 0 radical (unpaired) electrons. The third-order valence-corrected chi connectivity index (χ3v) is 7.02. The number of methoxy groups -OCH3 is 1. The zero-order chi connectivity index (χ0) is 18.8. The highest BCUT2D eigenvalue weighted by Crippen LogP contribution is 2.52. The van der Waals surface area contributed by atoms with Crippen molar-refractivity contribution in [2.75, 3.05) is 13.7 Å². The van der Waals surface area contributed by atoms with Crippen molar-refractivity contribution in [2.24, 2.45) is 17.8 Å². The van der Waals surface area contributed by atoms with Crippen LogP contribution in [-0.4, -0.2) is 23.9 Å². The van der Waals surface area contributed by atoms with Crippen LogP contribution in [0, 0.1) is 17.8 Å². The molecule has 1 aromatic carbocycles. The van der Waals surface area contributed by atoms with Gasteiger partial charge in [0.15, 0.2) is 0 Å². The third kappa shape index (κ3) is 3.80. The fourth-order valence-corrected chi connectivity index (χ4v) is 5.70. The van der Waals surface area contributed by atoms with Crippen LogP contribution in [-0.2, 0) is 17.6 Å². The average Bonchev–Trinajstić information content (AvgIpc) is 2.69. The van der Waals surface area contributed by atoms with E-state index in [1.807, 2.05) is 12.2 Å². The Hall–Kier alpha value is -1.74. The monoisotopic (exact) mass is 368 g/mol. The molecule has 4 atom stereocenters. The summed E-state index contributed by atoms with van der Waals surface area (Å²) >= 11 is 0. The first-order valence-electron chi connectivity index (χ1n) is 10.6. The smallest absolute Gasteiger partial charge is 0.119 e. The number of hydrogen-bond acceptors (Lipinski definition) is 3. The molecule has 3 aliphatic carbocycles. The number of rotatable bonds is 5. The van der Waals surface area contributed by atoms with Gasteiger partial charge >= 0.3 is 0 Å². The average molecular weight is 369 g/mol. The van der Waals surface area contributed by atoms with Gasteiger partial charge < -0.3 is 14.9 Å². The lowest BCUT2D eigenvalue weighted by Gasteiger charge is -2.45. The summed E-state index contributed by atoms with van der Waals surface area (Å²) in [4.78, 5) is 0. The van der Waals surface area contributed by atoms with Gasteiger partial charge in [-0.15, -0.1) is 0 Å². The second-order valence-corrected chi connectivity index (χ2v) is 8.59. The molecule has 3 aliphatic rings. The number of aliphatic hydroxyl groups is 1. The largest absolute Gasteiger partial charge is 0.508 e. The molecule has 1 saturated carbocycles. The summed E-state index contributed by atoms with van der Waals surface area (Å²) < 4.78 is 5.18. The molecular weight excluding hydrogens is 336 g/mol. The minimum atomic E-state index is 0.410. The summed E-state index contributed by atoms with van der Waals surface area (Å²) in [5.74, 6) is 3.32. The van der Waals surface area contributed by atoms with Crippen molar-refractivity contribution in [1.29, 1.82) is 0 Å². The van der Waals surface area contributed by atoms with Gasteiger partial charge in [0.2, 0.25) is 0 Å². The van der Waals surface area contributed by atoms with E-state index in [0.717, 1.165) is 37.9 Å². The molecule has 3 nitrogen and oxygen atoms in total. The Morgan fingerprint density at radius 1 is 1.11 bits per heavy atom. The maximum atomic E-state index is 10.6. The van der Waals surface area contributed by atoms with Crippen molar-refractivity contribution in [3.8, 4) is 5.75 Å². The molecule has 1 fully saturated rings. The molecule has 0 spiro atoms. The van der Waals surface area contributed by atoms with Crippen molar-refractivity contribution in [2.45, 2.75) is 57.3 Å². The molecule has 4 rings (SSSR count). The van der Waals surface area contributed by atoms with E-state index >= 15 is 0 Å². The van der Waals surface area contributed by atoms with Gasteiger partial charge in [0.25, 0.3) is 0 Å². The number of fused-ring (bicyclic) bond motifs is 3. The van der Waals surface area contributed by atoms with E-state index in [9.17, 15) is 10.2 Å². The first kappa shape index (κ1) is 18.6. The van der Waals surface area contributed by atoms with Crippen molar-refractivity contribution in [3.05, 3.63) is 52.8 Å². The second-order valence-electron chi connectivity index (χ2n) is 8.59. The molecule has 0 heterocycles. The summed E-state index contributed by atoms with van der Waals surface area (Å²) in [5.41, 5.74) is 3.91. The lowest BCUT2D eigenvalue weighted by Crippen LogP contribution is -2.36. The van der Waals surface area contributed by atoms with Gasteiger partial charge in [-0.3, -0.25) is 0 Å². The van der Waals surface area contributed by atoms with E-state index < -0.39 is 0 Å². The van der Waals surface area contributed by atoms with Gasteiger partial charge in [0.1, 0.15) is 11.5 Å². The van der Waals surface area contributed by atoms with Crippen LogP contribution in [0.4, 0.5) is 0 Å². The summed E-state index contributed by atoms with van der Waals surface area (Å²) in [6.45, 7) is 0.729. The quantitative estimate of drug-likeness (QED) is 0.681. The Morgan fingerprint density at radius 2 is 1.96 bits per heavy atom. The van der Waals surface area contributed by atoms with Gasteiger partial charge in [-0.1, -0.05) is 25.0 Å². The number of benzene rings is 1. The molecule has 0 aliphatic heterocycles. The number of aryl methyl sites for hydroxylation is 1. The van der Waals surface area contributed by atoms with E-state index in [4.69, 9.17) is 4.74 Å². The van der Waals surface area contributed by atoms with E-state index in [0.29, 0.717) is 35.2 Å². The van der Waals surface area contributed by atoms with Crippen LogP contribution in [0.25, 0.3) is 0 Å². The van der Waals surface area contributed by atoms with Gasteiger partial charge in [-0.05, 0) is 97.1 Å². The highest BCUT2D eigenvalue weighted by atomic mass is 16.5. The standard InChI is InChI=1S/C24H32O3/c1-27-12-4-5-17-13-18-14-22(16-8-10-19(25)11-9-16)20-6-2-3-7-21(20)23(18)15-24(17)26/h8,10-11,13,15-16,20-22,25-26H,2-7,9,12,14H2,1H3/t16?,20-,21+,22-/m0/s1. The fraction of sp³-hybridized carbons (Fsp3) is 0.583. The Morgan fingerprint density at radius 3 is 2.74 bits per heavy atom. The molecule has 0 amide bonds. The zero-order valence-corrected chi connectivity index (χ0v) is 16.4. The van der Waals surface area contributed by atoms with Crippen LogP contribution < -0.4 is 0 Å². The summed E-state index contributed by atoms with van der Waals surface area (Å²) in [5, 5.41) is 20.3. The topological polar surface area (TPSA) is 49.7 Å². The molecule has 0 aromatic heterocycles. The molecule has 1 unspecified atom stereocenters. The van der Waals surface area contributed by atoms with Gasteiger partial charge in [0.05, 0.1) is 0 Å². The maximum Gasteiger partial charge on any atom is 0.119 e. The lowest BCUT2D eigenvalue weighted by molar-refractivity contribution is 0.155. The molecule has 0 bridgehead atoms. The minimum absolute atomic E-state index is 0.410. The van der Waals surface area contributed by atoms with Crippen molar-refractivity contribution < 1.29 is 14.9 Å². The Labute approximate surface area is 162 Å². The maximum absolute atomic E-state index is 10.6. The number of allylic oxidation sites excluding steroid dienone is 3. The van der Waals surface area contributed by atoms with Crippen LogP contribution >= 0.6 is 0 Å². The number of aliphatic hydroxyl groups excluding tert-OH is 1. The van der Waals surface area contributed by atoms with Crippen LogP contribution in [0.2, 0.25) is 0 Å². The Kier molecular flexibility index (Phi) is 5.58. The van der Waals surface area contributed by atoms with Crippen LogP contribution in [0.3, 0.4) is 0 Å². The summed E-state index contributed by atoms with van der Waals surface area (Å²) in [6, 6.07) is 4.36. The fourth-order valence-electron chi connectivity index (χ4n) is 5.70. The predicted molar refractivity (Wildman–Crippen MR) is 108 cm³/mol. The van der Waals surface area contributed by atoms with E-state index in [1.54, 1.807) is 7.11 Å². The lowest BCUT2D eigenvalue weighted by atomic mass is 9.59. The number of ether oxygens (including phenoxy) is 1. The normalized spacial score (nSPS) is 29.7. The Bertz CT molecular complexity index is 733. The number of aromatic hydroxyl groups is 1. The Balaban J connectivity index is 1.63. The molecule has 2 N–H and O–H groups in total. The van der Waals surface area contributed by atoms with Crippen molar-refractivity contribution in [1.82, 2.24) is 0 Å². The molecule has 1 aromatic rings. The van der Waals surface area contributed by atoms with E-state index in [2.05, 4.69) is 18.2 Å². The van der Waals surface area contributed by atoms with Crippen molar-refractivity contribution >= 4 is 0 Å². The number of hydrogen-bond donors (Lipinski definition) is 2. The van der Waals surface area contributed by atoms with Gasteiger partial charge in [0, 0.05) is 13.7 Å². The highest BCUT2D eigenvalue weighted by molar-refractivity contribution is 5.46. The molecule has 3 heteroatoms.